The quantitative estimate of drug-likeness (QED) is 0.689. The van der Waals surface area contributed by atoms with Gasteiger partial charge in [-0.25, -0.2) is 4.39 Å². The summed E-state index contributed by atoms with van der Waals surface area (Å²) in [6.45, 7) is 0.653. The van der Waals surface area contributed by atoms with E-state index >= 15 is 0 Å². The molecule has 0 amide bonds. The van der Waals surface area contributed by atoms with E-state index in [9.17, 15) is 8.60 Å². The lowest BCUT2D eigenvalue weighted by molar-refractivity contribution is 0.424. The minimum atomic E-state index is -1.26. The van der Waals surface area contributed by atoms with Gasteiger partial charge in [0.1, 0.15) is 5.82 Å². The number of rotatable bonds is 3. The highest BCUT2D eigenvalue weighted by Crippen LogP contribution is 2.17. The number of halogens is 1. The van der Waals surface area contributed by atoms with Crippen LogP contribution in [0.5, 0.6) is 0 Å². The van der Waals surface area contributed by atoms with Crippen molar-refractivity contribution >= 4 is 10.8 Å². The van der Waals surface area contributed by atoms with Crippen molar-refractivity contribution in [2.45, 2.75) is 11.0 Å². The van der Waals surface area contributed by atoms with E-state index < -0.39 is 16.6 Å². The Balaban J connectivity index is 2.13. The van der Waals surface area contributed by atoms with Crippen molar-refractivity contribution in [1.29, 1.82) is 0 Å². The SMILES string of the molecule is O=S(CC1CO1)c1ccccc1F. The van der Waals surface area contributed by atoms with Crippen LogP contribution in [0, 0.1) is 5.82 Å². The average Bonchev–Trinajstić information content (AvgIpc) is 2.89. The normalized spacial score (nSPS) is 22.7. The van der Waals surface area contributed by atoms with Crippen molar-refractivity contribution in [3.8, 4) is 0 Å². The van der Waals surface area contributed by atoms with Gasteiger partial charge in [0.25, 0.3) is 0 Å². The summed E-state index contributed by atoms with van der Waals surface area (Å²) in [5.74, 6) is 0.00230. The number of hydrogen-bond donors (Lipinski definition) is 0. The number of hydrogen-bond acceptors (Lipinski definition) is 2. The topological polar surface area (TPSA) is 29.6 Å². The lowest BCUT2D eigenvalue weighted by Crippen LogP contribution is -2.05. The maximum absolute atomic E-state index is 13.1. The van der Waals surface area contributed by atoms with Gasteiger partial charge in [-0.1, -0.05) is 12.1 Å². The average molecular weight is 200 g/mol. The summed E-state index contributed by atoms with van der Waals surface area (Å²) >= 11 is 0. The van der Waals surface area contributed by atoms with Crippen molar-refractivity contribution in [3.63, 3.8) is 0 Å². The van der Waals surface area contributed by atoms with E-state index in [0.717, 1.165) is 0 Å². The standard InChI is InChI=1S/C9H9FO2S/c10-8-3-1-2-4-9(8)13(11)6-7-5-12-7/h1-4,7H,5-6H2. The van der Waals surface area contributed by atoms with Gasteiger partial charge in [-0.2, -0.15) is 0 Å². The van der Waals surface area contributed by atoms with Gasteiger partial charge >= 0.3 is 0 Å². The minimum Gasteiger partial charge on any atom is -0.372 e. The molecule has 1 aliphatic heterocycles. The van der Waals surface area contributed by atoms with Crippen molar-refractivity contribution < 1.29 is 13.3 Å². The molecule has 70 valence electrons. The molecule has 2 nitrogen and oxygen atoms in total. The molecular formula is C9H9FO2S. The molecule has 2 unspecified atom stereocenters. The fourth-order valence-corrected chi connectivity index (χ4v) is 2.28. The van der Waals surface area contributed by atoms with Crippen LogP contribution in [-0.4, -0.2) is 22.7 Å². The van der Waals surface area contributed by atoms with Gasteiger partial charge in [0.05, 0.1) is 34.2 Å². The summed E-state index contributed by atoms with van der Waals surface area (Å²) in [7, 11) is -1.26. The Morgan fingerprint density at radius 3 is 2.85 bits per heavy atom. The van der Waals surface area contributed by atoms with Gasteiger partial charge in [0.15, 0.2) is 0 Å². The van der Waals surface area contributed by atoms with Gasteiger partial charge < -0.3 is 4.74 Å². The smallest absolute Gasteiger partial charge is 0.139 e. The van der Waals surface area contributed by atoms with Crippen molar-refractivity contribution in [2.24, 2.45) is 0 Å². The first-order chi connectivity index (χ1) is 6.27. The van der Waals surface area contributed by atoms with E-state index in [4.69, 9.17) is 4.74 Å². The van der Waals surface area contributed by atoms with E-state index in [0.29, 0.717) is 12.4 Å². The fourth-order valence-electron chi connectivity index (χ4n) is 1.05. The van der Waals surface area contributed by atoms with E-state index in [1.165, 1.54) is 6.07 Å². The maximum atomic E-state index is 13.1. The minimum absolute atomic E-state index is 0.0699. The third-order valence-electron chi connectivity index (χ3n) is 1.82. The summed E-state index contributed by atoms with van der Waals surface area (Å²) in [5.41, 5.74) is 0. The summed E-state index contributed by atoms with van der Waals surface area (Å²) in [6, 6.07) is 6.14. The molecule has 0 aromatic heterocycles. The van der Waals surface area contributed by atoms with Crippen LogP contribution in [0.4, 0.5) is 4.39 Å². The van der Waals surface area contributed by atoms with E-state index in [-0.39, 0.29) is 11.0 Å². The predicted molar refractivity (Wildman–Crippen MR) is 47.4 cm³/mol. The Morgan fingerprint density at radius 1 is 1.54 bits per heavy atom. The zero-order valence-corrected chi connectivity index (χ0v) is 7.72. The van der Waals surface area contributed by atoms with Crippen LogP contribution in [-0.2, 0) is 15.5 Å². The monoisotopic (exact) mass is 200 g/mol. The van der Waals surface area contributed by atoms with E-state index in [1.807, 2.05) is 0 Å². The van der Waals surface area contributed by atoms with Gasteiger partial charge in [-0.05, 0) is 12.1 Å². The number of benzene rings is 1. The van der Waals surface area contributed by atoms with Gasteiger partial charge in [0.2, 0.25) is 0 Å². The highest BCUT2D eigenvalue weighted by atomic mass is 32.2. The van der Waals surface area contributed by atoms with Crippen molar-refractivity contribution in [2.75, 3.05) is 12.4 Å². The first kappa shape index (κ1) is 8.84. The molecule has 0 bridgehead atoms. The molecule has 2 rings (SSSR count). The molecular weight excluding hydrogens is 191 g/mol. The Kier molecular flexibility index (Phi) is 2.42. The van der Waals surface area contributed by atoms with E-state index in [1.54, 1.807) is 18.2 Å². The van der Waals surface area contributed by atoms with Crippen LogP contribution in [0.3, 0.4) is 0 Å². The van der Waals surface area contributed by atoms with Crippen LogP contribution in [0.15, 0.2) is 29.2 Å². The molecule has 0 radical (unpaired) electrons. The van der Waals surface area contributed by atoms with Crippen LogP contribution >= 0.6 is 0 Å². The zero-order chi connectivity index (χ0) is 9.26. The molecule has 0 aliphatic carbocycles. The fraction of sp³-hybridized carbons (Fsp3) is 0.333. The first-order valence-electron chi connectivity index (χ1n) is 4.02. The molecule has 0 spiro atoms. The highest BCUT2D eigenvalue weighted by molar-refractivity contribution is 7.85. The molecule has 1 aromatic carbocycles. The van der Waals surface area contributed by atoms with Crippen LogP contribution < -0.4 is 0 Å². The number of epoxide rings is 1. The van der Waals surface area contributed by atoms with Crippen molar-refractivity contribution in [1.82, 2.24) is 0 Å². The summed E-state index contributed by atoms with van der Waals surface area (Å²) in [5, 5.41) is 0. The second kappa shape index (κ2) is 3.55. The molecule has 1 aliphatic rings. The van der Waals surface area contributed by atoms with Gasteiger partial charge in [-0.15, -0.1) is 0 Å². The summed E-state index contributed by atoms with van der Waals surface area (Å²) in [4.78, 5) is 0.276. The van der Waals surface area contributed by atoms with Gasteiger partial charge in [0, 0.05) is 0 Å². The molecule has 1 aromatic rings. The first-order valence-corrected chi connectivity index (χ1v) is 5.34. The molecule has 1 fully saturated rings. The molecule has 1 saturated heterocycles. The van der Waals surface area contributed by atoms with Gasteiger partial charge in [-0.3, -0.25) is 4.21 Å². The second-order valence-corrected chi connectivity index (χ2v) is 4.36. The lowest BCUT2D eigenvalue weighted by Gasteiger charge is -2.00. The molecule has 13 heavy (non-hydrogen) atoms. The van der Waals surface area contributed by atoms with Crippen LogP contribution in [0.25, 0.3) is 0 Å². The van der Waals surface area contributed by atoms with E-state index in [2.05, 4.69) is 0 Å². The third kappa shape index (κ3) is 2.14. The molecule has 0 saturated carbocycles. The summed E-state index contributed by atoms with van der Waals surface area (Å²) in [6.07, 6.45) is 0.0699. The molecule has 0 N–H and O–H groups in total. The third-order valence-corrected chi connectivity index (χ3v) is 3.32. The molecule has 4 heteroatoms. The Bertz CT molecular complexity index is 336. The molecule has 2 atom stereocenters. The van der Waals surface area contributed by atoms with Crippen molar-refractivity contribution in [3.05, 3.63) is 30.1 Å². The lowest BCUT2D eigenvalue weighted by atomic mass is 10.3. The highest BCUT2D eigenvalue weighted by Gasteiger charge is 2.26. The van der Waals surface area contributed by atoms with Crippen LogP contribution in [0.1, 0.15) is 0 Å². The predicted octanol–water partition coefficient (Wildman–Crippen LogP) is 1.33. The second-order valence-electron chi connectivity index (χ2n) is 2.90. The molecule has 1 heterocycles. The Hall–Kier alpha value is -0.740. The zero-order valence-electron chi connectivity index (χ0n) is 6.90. The summed E-state index contributed by atoms with van der Waals surface area (Å²) < 4.78 is 29.5. The Morgan fingerprint density at radius 2 is 2.23 bits per heavy atom. The largest absolute Gasteiger partial charge is 0.372 e. The number of ether oxygens (including phenoxy) is 1. The van der Waals surface area contributed by atoms with Crippen LogP contribution in [0.2, 0.25) is 0 Å². The Labute approximate surface area is 78.2 Å². The maximum Gasteiger partial charge on any atom is 0.139 e.